The van der Waals surface area contributed by atoms with Crippen molar-refractivity contribution in [1.29, 1.82) is 0 Å². The molecule has 0 unspecified atom stereocenters. The lowest BCUT2D eigenvalue weighted by Crippen LogP contribution is -2.24. The first-order valence-corrected chi connectivity index (χ1v) is 5.03. The molecule has 90 valence electrons. The predicted molar refractivity (Wildman–Crippen MR) is 57.5 cm³/mol. The molecule has 7 heteroatoms. The summed E-state index contributed by atoms with van der Waals surface area (Å²) in [5, 5.41) is 11.1. The fourth-order valence-electron chi connectivity index (χ4n) is 1.12. The fourth-order valence-corrected chi connectivity index (χ4v) is 1.12. The molecule has 0 aromatic carbocycles. The molecular formula is C9H17N5O2. The Hall–Kier alpha value is -1.47. The van der Waals surface area contributed by atoms with Gasteiger partial charge in [0.25, 0.3) is 0 Å². The maximum atomic E-state index is 10.4. The van der Waals surface area contributed by atoms with Crippen LogP contribution in [0.5, 0.6) is 0 Å². The monoisotopic (exact) mass is 227 g/mol. The van der Waals surface area contributed by atoms with E-state index in [1.54, 1.807) is 0 Å². The van der Waals surface area contributed by atoms with Crippen molar-refractivity contribution in [3.05, 3.63) is 11.6 Å². The van der Waals surface area contributed by atoms with E-state index in [2.05, 4.69) is 15.5 Å². The van der Waals surface area contributed by atoms with Gasteiger partial charge in [-0.2, -0.15) is 0 Å². The van der Waals surface area contributed by atoms with E-state index in [0.29, 0.717) is 19.7 Å². The van der Waals surface area contributed by atoms with Crippen LogP contribution in [0.3, 0.4) is 0 Å². The number of primary amides is 1. The number of amides is 1. The molecule has 1 rings (SSSR count). The van der Waals surface area contributed by atoms with Crippen LogP contribution in [-0.4, -0.2) is 40.4 Å². The van der Waals surface area contributed by atoms with Gasteiger partial charge in [0.05, 0.1) is 13.2 Å². The number of nitrogens with one attached hydrogen (secondary N) is 1. The van der Waals surface area contributed by atoms with Gasteiger partial charge in [0.1, 0.15) is 18.3 Å². The van der Waals surface area contributed by atoms with Crippen molar-refractivity contribution in [2.45, 2.75) is 13.5 Å². The Morgan fingerprint density at radius 2 is 2.31 bits per heavy atom. The van der Waals surface area contributed by atoms with Gasteiger partial charge in [-0.15, -0.1) is 10.2 Å². The van der Waals surface area contributed by atoms with Crippen molar-refractivity contribution in [3.8, 4) is 0 Å². The van der Waals surface area contributed by atoms with Crippen molar-refractivity contribution in [2.24, 2.45) is 12.8 Å². The molecule has 0 aliphatic rings. The predicted octanol–water partition coefficient (Wildman–Crippen LogP) is -1.28. The van der Waals surface area contributed by atoms with Gasteiger partial charge < -0.3 is 20.4 Å². The topological polar surface area (TPSA) is 95.1 Å². The van der Waals surface area contributed by atoms with E-state index in [1.807, 2.05) is 18.5 Å². The number of hydrogen-bond donors (Lipinski definition) is 2. The summed E-state index contributed by atoms with van der Waals surface area (Å²) in [5.41, 5.74) is 4.91. The molecule has 0 aliphatic heterocycles. The summed E-state index contributed by atoms with van der Waals surface area (Å²) >= 11 is 0. The molecule has 0 saturated heterocycles. The van der Waals surface area contributed by atoms with Crippen LogP contribution >= 0.6 is 0 Å². The Balaban J connectivity index is 2.12. The zero-order chi connectivity index (χ0) is 12.0. The van der Waals surface area contributed by atoms with Gasteiger partial charge >= 0.3 is 0 Å². The number of aryl methyl sites for hydroxylation is 1. The summed E-state index contributed by atoms with van der Waals surface area (Å²) in [6, 6.07) is 0. The van der Waals surface area contributed by atoms with Gasteiger partial charge in [-0.05, 0) is 6.92 Å². The number of hydrogen-bond acceptors (Lipinski definition) is 5. The van der Waals surface area contributed by atoms with E-state index in [9.17, 15) is 4.79 Å². The van der Waals surface area contributed by atoms with Crippen molar-refractivity contribution >= 4 is 5.91 Å². The van der Waals surface area contributed by atoms with Crippen LogP contribution in [-0.2, 0) is 23.1 Å². The SMILES string of the molecule is Cc1nnc(CNCCOCC(N)=O)n1C. The van der Waals surface area contributed by atoms with Crippen molar-refractivity contribution < 1.29 is 9.53 Å². The first-order chi connectivity index (χ1) is 7.61. The maximum absolute atomic E-state index is 10.4. The number of rotatable bonds is 7. The van der Waals surface area contributed by atoms with Crippen molar-refractivity contribution in [2.75, 3.05) is 19.8 Å². The number of nitrogens with zero attached hydrogens (tertiary/aromatic N) is 3. The number of ether oxygens (including phenoxy) is 1. The number of carbonyl (C=O) groups is 1. The molecule has 16 heavy (non-hydrogen) atoms. The van der Waals surface area contributed by atoms with E-state index < -0.39 is 5.91 Å². The smallest absolute Gasteiger partial charge is 0.243 e. The molecule has 0 spiro atoms. The summed E-state index contributed by atoms with van der Waals surface area (Å²) in [5.74, 6) is 1.29. The number of aromatic nitrogens is 3. The quantitative estimate of drug-likeness (QED) is 0.565. The van der Waals surface area contributed by atoms with Gasteiger partial charge in [0.15, 0.2) is 0 Å². The number of nitrogens with two attached hydrogens (primary N) is 1. The Labute approximate surface area is 94.0 Å². The second kappa shape index (κ2) is 6.19. The Morgan fingerprint density at radius 3 is 2.88 bits per heavy atom. The third-order valence-corrected chi connectivity index (χ3v) is 2.13. The van der Waals surface area contributed by atoms with Gasteiger partial charge in [-0.1, -0.05) is 0 Å². The minimum absolute atomic E-state index is 0.0370. The summed E-state index contributed by atoms with van der Waals surface area (Å²) in [7, 11) is 1.91. The number of carbonyl (C=O) groups excluding carboxylic acids is 1. The zero-order valence-electron chi connectivity index (χ0n) is 9.56. The first-order valence-electron chi connectivity index (χ1n) is 5.03. The van der Waals surface area contributed by atoms with Crippen LogP contribution in [0.4, 0.5) is 0 Å². The van der Waals surface area contributed by atoms with Crippen LogP contribution in [0.25, 0.3) is 0 Å². The van der Waals surface area contributed by atoms with Gasteiger partial charge in [-0.25, -0.2) is 0 Å². The summed E-state index contributed by atoms with van der Waals surface area (Å²) in [6.45, 7) is 3.56. The zero-order valence-corrected chi connectivity index (χ0v) is 9.56. The molecule has 0 radical (unpaired) electrons. The van der Waals surface area contributed by atoms with Crippen molar-refractivity contribution in [3.63, 3.8) is 0 Å². The minimum Gasteiger partial charge on any atom is -0.370 e. The van der Waals surface area contributed by atoms with E-state index in [1.165, 1.54) is 0 Å². The van der Waals surface area contributed by atoms with Crippen molar-refractivity contribution in [1.82, 2.24) is 20.1 Å². The highest BCUT2D eigenvalue weighted by molar-refractivity contribution is 5.74. The van der Waals surface area contributed by atoms with E-state index in [4.69, 9.17) is 10.5 Å². The molecule has 1 aromatic rings. The Bertz CT molecular complexity index is 350. The minimum atomic E-state index is -0.455. The van der Waals surface area contributed by atoms with E-state index in [-0.39, 0.29) is 6.61 Å². The highest BCUT2D eigenvalue weighted by atomic mass is 16.5. The van der Waals surface area contributed by atoms with Crippen LogP contribution in [0.2, 0.25) is 0 Å². The second-order valence-corrected chi connectivity index (χ2v) is 3.42. The average Bonchev–Trinajstić information content (AvgIpc) is 2.54. The first kappa shape index (κ1) is 12.6. The molecule has 0 bridgehead atoms. The van der Waals surface area contributed by atoms with Crippen LogP contribution in [0, 0.1) is 6.92 Å². The Kier molecular flexibility index (Phi) is 4.87. The van der Waals surface area contributed by atoms with E-state index >= 15 is 0 Å². The van der Waals surface area contributed by atoms with Gasteiger partial charge in [0.2, 0.25) is 5.91 Å². The van der Waals surface area contributed by atoms with Crippen LogP contribution in [0.1, 0.15) is 11.6 Å². The molecule has 3 N–H and O–H groups in total. The lowest BCUT2D eigenvalue weighted by Gasteiger charge is -2.04. The third-order valence-electron chi connectivity index (χ3n) is 2.13. The van der Waals surface area contributed by atoms with Crippen LogP contribution < -0.4 is 11.1 Å². The molecule has 0 aliphatic carbocycles. The molecule has 0 fully saturated rings. The molecule has 7 nitrogen and oxygen atoms in total. The van der Waals surface area contributed by atoms with Gasteiger partial charge in [0, 0.05) is 13.6 Å². The summed E-state index contributed by atoms with van der Waals surface area (Å²) in [6.07, 6.45) is 0. The molecule has 1 amide bonds. The third kappa shape index (κ3) is 3.95. The fraction of sp³-hybridized carbons (Fsp3) is 0.667. The standard InChI is InChI=1S/C9H17N5O2/c1-7-12-13-9(14(7)2)5-11-3-4-16-6-8(10)15/h11H,3-6H2,1-2H3,(H2,10,15). The molecule has 0 saturated carbocycles. The van der Waals surface area contributed by atoms with Gasteiger partial charge in [-0.3, -0.25) is 4.79 Å². The summed E-state index contributed by atoms with van der Waals surface area (Å²) < 4.78 is 6.90. The molecule has 1 heterocycles. The van der Waals surface area contributed by atoms with Crippen LogP contribution in [0.15, 0.2) is 0 Å². The highest BCUT2D eigenvalue weighted by Crippen LogP contribution is 1.95. The molecule has 1 aromatic heterocycles. The second-order valence-electron chi connectivity index (χ2n) is 3.42. The highest BCUT2D eigenvalue weighted by Gasteiger charge is 2.03. The lowest BCUT2D eigenvalue weighted by molar-refractivity contribution is -0.122. The average molecular weight is 227 g/mol. The normalized spacial score (nSPS) is 10.6. The Morgan fingerprint density at radius 1 is 1.56 bits per heavy atom. The molecule has 0 atom stereocenters. The molecular weight excluding hydrogens is 210 g/mol. The largest absolute Gasteiger partial charge is 0.370 e. The summed E-state index contributed by atoms with van der Waals surface area (Å²) in [4.78, 5) is 10.4. The van der Waals surface area contributed by atoms with E-state index in [0.717, 1.165) is 11.6 Å². The maximum Gasteiger partial charge on any atom is 0.243 e. The lowest BCUT2D eigenvalue weighted by atomic mass is 10.5.